The predicted octanol–water partition coefficient (Wildman–Crippen LogP) is 1.79. The maximum absolute atomic E-state index is 12.9. The van der Waals surface area contributed by atoms with Crippen LogP contribution in [0.1, 0.15) is 46.6 Å². The van der Waals surface area contributed by atoms with E-state index < -0.39 is 110 Å². The van der Waals surface area contributed by atoms with Gasteiger partial charge >= 0.3 is 47.8 Å². The van der Waals surface area contributed by atoms with Crippen molar-refractivity contribution in [1.82, 2.24) is 0 Å². The molecule has 2 aliphatic rings. The summed E-state index contributed by atoms with van der Waals surface area (Å²) in [5.74, 6) is -7.23. The quantitative estimate of drug-likeness (QED) is 0.0809. The van der Waals surface area contributed by atoms with Gasteiger partial charge in [0.25, 0.3) is 0 Å². The number of hydrogen-bond donors (Lipinski definition) is 0. The number of esters is 8. The summed E-state index contributed by atoms with van der Waals surface area (Å²) in [6.07, 6.45) is -5.12. The van der Waals surface area contributed by atoms with Gasteiger partial charge in [0, 0.05) is 52.2 Å². The molecule has 0 bridgehead atoms. The number of carbonyl (C=O) groups excluding carboxylic acids is 8. The molecular formula is C37H42O19. The van der Waals surface area contributed by atoms with Gasteiger partial charge in [-0.3, -0.25) is 28.8 Å². The monoisotopic (exact) mass is 790 g/mol. The van der Waals surface area contributed by atoms with Crippen molar-refractivity contribution in [2.24, 2.45) is 5.92 Å². The Morgan fingerprint density at radius 2 is 1.36 bits per heavy atom. The van der Waals surface area contributed by atoms with Crippen LogP contribution in [0.4, 0.5) is 0 Å². The van der Waals surface area contributed by atoms with Crippen molar-refractivity contribution in [3.63, 3.8) is 0 Å². The van der Waals surface area contributed by atoms with Gasteiger partial charge < -0.3 is 52.1 Å². The molecule has 0 N–H and O–H groups in total. The van der Waals surface area contributed by atoms with Crippen LogP contribution >= 0.6 is 0 Å². The molecule has 56 heavy (non-hydrogen) atoms. The van der Waals surface area contributed by atoms with Gasteiger partial charge in [0.1, 0.15) is 25.1 Å². The van der Waals surface area contributed by atoms with Gasteiger partial charge in [-0.2, -0.15) is 0 Å². The van der Waals surface area contributed by atoms with Crippen LogP contribution in [0.3, 0.4) is 0 Å². The lowest BCUT2D eigenvalue weighted by Crippen LogP contribution is -2.63. The topological polar surface area (TPSA) is 238 Å². The van der Waals surface area contributed by atoms with Crippen LogP contribution < -0.4 is 4.74 Å². The second-order valence-corrected chi connectivity index (χ2v) is 11.9. The third-order valence-corrected chi connectivity index (χ3v) is 7.69. The summed E-state index contributed by atoms with van der Waals surface area (Å²) < 4.78 is 59.4. The van der Waals surface area contributed by atoms with Gasteiger partial charge in [0.2, 0.25) is 12.6 Å². The van der Waals surface area contributed by atoms with E-state index in [4.69, 9.17) is 52.1 Å². The van der Waals surface area contributed by atoms with Crippen LogP contribution in [0.25, 0.3) is 6.08 Å². The molecule has 3 rings (SSSR count). The Morgan fingerprint density at radius 1 is 0.732 bits per heavy atom. The standard InChI is InChI=1S/C37H42O19/c1-19(38)49-18-29-32(52-21(3)40)33(53-22(4)41)34(54-23(5)42)37(55-29)56-36-26(27(16-31(44)46-6)28(17-50-36)35(45)47-7)14-15-48-30(43)13-10-24-8-11-25(12-9-24)51-20(2)39/h8-14,17,27,29,32-34,36-37H,15-16,18H2,1-7H3/b13-10+,26-14+/t27?,29-,32+,33+,34-,36+,37+/m1/s1. The molecule has 304 valence electrons. The highest BCUT2D eigenvalue weighted by molar-refractivity contribution is 5.91. The number of hydrogen-bond acceptors (Lipinski definition) is 19. The third-order valence-electron chi connectivity index (χ3n) is 7.69. The highest BCUT2D eigenvalue weighted by atomic mass is 16.8. The summed E-state index contributed by atoms with van der Waals surface area (Å²) >= 11 is 0. The van der Waals surface area contributed by atoms with E-state index in [-0.39, 0.29) is 11.1 Å². The molecule has 0 aromatic heterocycles. The van der Waals surface area contributed by atoms with E-state index in [1.54, 1.807) is 12.1 Å². The number of rotatable bonds is 15. The van der Waals surface area contributed by atoms with E-state index in [1.807, 2.05) is 0 Å². The van der Waals surface area contributed by atoms with Crippen molar-refractivity contribution in [3.05, 3.63) is 59.4 Å². The normalized spacial score (nSPS) is 23.7. The molecule has 0 saturated carbocycles. The largest absolute Gasteiger partial charge is 0.469 e. The summed E-state index contributed by atoms with van der Waals surface area (Å²) in [5, 5.41) is 0. The molecule has 0 amide bonds. The van der Waals surface area contributed by atoms with Crippen LogP contribution in [-0.2, 0) is 85.7 Å². The Labute approximate surface area is 320 Å². The van der Waals surface area contributed by atoms with Crippen molar-refractivity contribution < 1.29 is 90.5 Å². The fourth-order valence-corrected chi connectivity index (χ4v) is 5.44. The first-order valence-corrected chi connectivity index (χ1v) is 16.8. The minimum absolute atomic E-state index is 0.00370. The zero-order valence-corrected chi connectivity index (χ0v) is 31.5. The Balaban J connectivity index is 2.03. The van der Waals surface area contributed by atoms with E-state index in [1.165, 1.54) is 31.2 Å². The lowest BCUT2D eigenvalue weighted by atomic mass is 9.86. The molecule has 1 fully saturated rings. The molecular weight excluding hydrogens is 748 g/mol. The second kappa shape index (κ2) is 21.1. The van der Waals surface area contributed by atoms with Gasteiger partial charge in [-0.05, 0) is 29.8 Å². The second-order valence-electron chi connectivity index (χ2n) is 11.9. The van der Waals surface area contributed by atoms with E-state index in [9.17, 15) is 38.4 Å². The summed E-state index contributed by atoms with van der Waals surface area (Å²) in [6.45, 7) is 4.48. The van der Waals surface area contributed by atoms with Crippen molar-refractivity contribution in [3.8, 4) is 5.75 Å². The van der Waals surface area contributed by atoms with Gasteiger partial charge in [-0.25, -0.2) is 9.59 Å². The molecule has 19 nitrogen and oxygen atoms in total. The zero-order valence-electron chi connectivity index (χ0n) is 31.5. The summed E-state index contributed by atoms with van der Waals surface area (Å²) in [7, 11) is 2.22. The SMILES string of the molecule is COC(=O)CC1C(C(=O)OC)=CO[C@@H](O[C@@H]2O[C@H](COC(C)=O)[C@H](OC(C)=O)[C@H](OC(C)=O)[C@H]2OC(C)=O)/C1=C/COC(=O)/C=C/c1ccc(OC(C)=O)cc1. The smallest absolute Gasteiger partial charge is 0.337 e. The maximum Gasteiger partial charge on any atom is 0.337 e. The molecule has 1 saturated heterocycles. The van der Waals surface area contributed by atoms with Gasteiger partial charge in [-0.1, -0.05) is 12.1 Å². The molecule has 2 heterocycles. The van der Waals surface area contributed by atoms with E-state index in [2.05, 4.69) is 0 Å². The fourth-order valence-electron chi connectivity index (χ4n) is 5.44. The van der Waals surface area contributed by atoms with Crippen molar-refractivity contribution >= 4 is 53.8 Å². The molecule has 0 radical (unpaired) electrons. The average molecular weight is 791 g/mol. The minimum atomic E-state index is -1.74. The van der Waals surface area contributed by atoms with E-state index in [0.717, 1.165) is 54.3 Å². The third kappa shape index (κ3) is 13.3. The predicted molar refractivity (Wildman–Crippen MR) is 184 cm³/mol. The number of ether oxygens (including phenoxy) is 11. The van der Waals surface area contributed by atoms with Crippen LogP contribution in [0, 0.1) is 5.92 Å². The highest BCUT2D eigenvalue weighted by Gasteiger charge is 2.54. The molecule has 0 spiro atoms. The van der Waals surface area contributed by atoms with Crippen LogP contribution in [0.5, 0.6) is 5.75 Å². The molecule has 2 aliphatic heterocycles. The van der Waals surface area contributed by atoms with Crippen molar-refractivity contribution in [2.45, 2.75) is 78.0 Å². The lowest BCUT2D eigenvalue weighted by Gasteiger charge is -2.45. The highest BCUT2D eigenvalue weighted by Crippen LogP contribution is 2.37. The Bertz CT molecular complexity index is 1720. The Morgan fingerprint density at radius 3 is 1.93 bits per heavy atom. The molecule has 0 aliphatic carbocycles. The molecule has 19 heteroatoms. The van der Waals surface area contributed by atoms with Crippen LogP contribution in [0.2, 0.25) is 0 Å². The molecule has 1 unspecified atom stereocenters. The Kier molecular flexibility index (Phi) is 16.7. The zero-order chi connectivity index (χ0) is 41.5. The molecule has 7 atom stereocenters. The Hall–Kier alpha value is -6.08. The molecule has 1 aromatic carbocycles. The number of benzene rings is 1. The fraction of sp³-hybridized carbons (Fsp3) is 0.459. The summed E-state index contributed by atoms with van der Waals surface area (Å²) in [6, 6.07) is 6.24. The van der Waals surface area contributed by atoms with Gasteiger partial charge in [0.05, 0.1) is 32.5 Å². The average Bonchev–Trinajstić information content (AvgIpc) is 3.12. The number of methoxy groups -OCH3 is 2. The van der Waals surface area contributed by atoms with E-state index >= 15 is 0 Å². The first-order valence-electron chi connectivity index (χ1n) is 16.8. The van der Waals surface area contributed by atoms with Gasteiger partial charge in [0.15, 0.2) is 18.3 Å². The minimum Gasteiger partial charge on any atom is -0.469 e. The van der Waals surface area contributed by atoms with Crippen molar-refractivity contribution in [1.29, 1.82) is 0 Å². The van der Waals surface area contributed by atoms with Crippen LogP contribution in [-0.4, -0.2) is 112 Å². The van der Waals surface area contributed by atoms with Crippen molar-refractivity contribution in [2.75, 3.05) is 27.4 Å². The summed E-state index contributed by atoms with van der Waals surface area (Å²) in [5.41, 5.74) is 0.416. The maximum atomic E-state index is 12.9. The molecule has 1 aromatic rings. The lowest BCUT2D eigenvalue weighted by molar-refractivity contribution is -0.331. The number of carbonyl (C=O) groups is 8. The van der Waals surface area contributed by atoms with Crippen LogP contribution in [0.15, 0.2) is 53.8 Å². The summed E-state index contributed by atoms with van der Waals surface area (Å²) in [4.78, 5) is 97.9. The van der Waals surface area contributed by atoms with Gasteiger partial charge in [-0.15, -0.1) is 0 Å². The first-order chi connectivity index (χ1) is 26.5. The first kappa shape index (κ1) is 44.3. The van der Waals surface area contributed by atoms with E-state index in [0.29, 0.717) is 11.3 Å².